The molecule has 0 fully saturated rings. The number of rotatable bonds is 9. The van der Waals surface area contributed by atoms with E-state index in [0.717, 1.165) is 11.6 Å². The lowest BCUT2D eigenvalue weighted by Crippen LogP contribution is -2.30. The van der Waals surface area contributed by atoms with E-state index in [2.05, 4.69) is 10.1 Å². The first-order valence-corrected chi connectivity index (χ1v) is 8.07. The van der Waals surface area contributed by atoms with Crippen molar-refractivity contribution in [3.63, 3.8) is 0 Å². The van der Waals surface area contributed by atoms with E-state index < -0.39 is 30.0 Å². The normalized spacial score (nSPS) is 10.4. The van der Waals surface area contributed by atoms with Crippen LogP contribution in [0.1, 0.15) is 15.9 Å². The highest BCUT2D eigenvalue weighted by Crippen LogP contribution is 2.15. The number of halogens is 2. The molecule has 0 aliphatic rings. The van der Waals surface area contributed by atoms with Crippen LogP contribution in [0.5, 0.6) is 5.75 Å². The third kappa shape index (κ3) is 6.63. The number of hydrogen-bond acceptors (Lipinski definition) is 6. The molecule has 0 radical (unpaired) electrons. The summed E-state index contributed by atoms with van der Waals surface area (Å²) < 4.78 is 33.2. The van der Waals surface area contributed by atoms with E-state index in [4.69, 9.17) is 4.74 Å². The van der Waals surface area contributed by atoms with Gasteiger partial charge >= 0.3 is 12.6 Å². The molecule has 2 rings (SSSR count). The number of nitrogens with one attached hydrogen (secondary N) is 1. The van der Waals surface area contributed by atoms with Gasteiger partial charge in [-0.3, -0.25) is 14.9 Å². The van der Waals surface area contributed by atoms with Crippen molar-refractivity contribution in [2.75, 3.05) is 13.2 Å². The number of nitro benzene ring substituents is 1. The third-order valence-corrected chi connectivity index (χ3v) is 3.51. The van der Waals surface area contributed by atoms with Crippen LogP contribution in [0.2, 0.25) is 0 Å². The van der Waals surface area contributed by atoms with Gasteiger partial charge in [-0.15, -0.1) is 0 Å². The minimum absolute atomic E-state index is 0.0342. The van der Waals surface area contributed by atoms with Gasteiger partial charge in [-0.2, -0.15) is 8.78 Å². The van der Waals surface area contributed by atoms with Crippen LogP contribution < -0.4 is 10.1 Å². The Kier molecular flexibility index (Phi) is 7.37. The molecule has 1 amide bonds. The Morgan fingerprint density at radius 3 is 2.50 bits per heavy atom. The summed E-state index contributed by atoms with van der Waals surface area (Å²) in [6, 6.07) is 10.9. The van der Waals surface area contributed by atoms with Crippen LogP contribution in [0, 0.1) is 10.1 Å². The Morgan fingerprint density at radius 1 is 1.14 bits per heavy atom. The summed E-state index contributed by atoms with van der Waals surface area (Å²) >= 11 is 0. The molecule has 1 N–H and O–H groups in total. The maximum Gasteiger partial charge on any atom is 0.387 e. The number of nitrogens with zero attached hydrogens (tertiary/aromatic N) is 1. The van der Waals surface area contributed by atoms with Crippen molar-refractivity contribution in [1.82, 2.24) is 5.32 Å². The van der Waals surface area contributed by atoms with Crippen LogP contribution in [0.25, 0.3) is 0 Å². The number of amides is 1. The van der Waals surface area contributed by atoms with Gasteiger partial charge in [0.25, 0.3) is 11.6 Å². The van der Waals surface area contributed by atoms with Gasteiger partial charge in [-0.1, -0.05) is 18.2 Å². The van der Waals surface area contributed by atoms with Crippen molar-refractivity contribution in [1.29, 1.82) is 0 Å². The predicted molar refractivity (Wildman–Crippen MR) is 93.2 cm³/mol. The van der Waals surface area contributed by atoms with Crippen molar-refractivity contribution in [2.24, 2.45) is 0 Å². The molecule has 0 heterocycles. The van der Waals surface area contributed by atoms with E-state index in [1.165, 1.54) is 30.3 Å². The molecule has 2 aromatic rings. The zero-order valence-corrected chi connectivity index (χ0v) is 14.5. The second kappa shape index (κ2) is 9.95. The highest BCUT2D eigenvalue weighted by atomic mass is 19.3. The predicted octanol–water partition coefficient (Wildman–Crippen LogP) is 2.71. The maximum absolute atomic E-state index is 12.1. The fourth-order valence-electron chi connectivity index (χ4n) is 2.20. The lowest BCUT2D eigenvalue weighted by atomic mass is 10.1. The summed E-state index contributed by atoms with van der Waals surface area (Å²) in [5, 5.41) is 13.2. The van der Waals surface area contributed by atoms with E-state index >= 15 is 0 Å². The van der Waals surface area contributed by atoms with Gasteiger partial charge in [0, 0.05) is 18.7 Å². The van der Waals surface area contributed by atoms with E-state index in [1.54, 1.807) is 12.1 Å². The highest BCUT2D eigenvalue weighted by molar-refractivity contribution is 5.91. The van der Waals surface area contributed by atoms with Crippen LogP contribution >= 0.6 is 0 Å². The molecule has 0 bridgehead atoms. The molecule has 8 nitrogen and oxygen atoms in total. The summed E-state index contributed by atoms with van der Waals surface area (Å²) in [6.45, 7) is -3.19. The zero-order valence-electron chi connectivity index (χ0n) is 14.5. The van der Waals surface area contributed by atoms with Gasteiger partial charge in [0.2, 0.25) is 0 Å². The van der Waals surface area contributed by atoms with Crippen LogP contribution in [0.4, 0.5) is 14.5 Å². The second-order valence-corrected chi connectivity index (χ2v) is 5.51. The number of carbonyl (C=O) groups excluding carboxylic acids is 2. The van der Waals surface area contributed by atoms with E-state index in [0.29, 0.717) is 6.42 Å². The van der Waals surface area contributed by atoms with Gasteiger partial charge in [-0.05, 0) is 30.2 Å². The first-order valence-electron chi connectivity index (χ1n) is 8.07. The van der Waals surface area contributed by atoms with Crippen molar-refractivity contribution < 1.29 is 32.8 Å². The van der Waals surface area contributed by atoms with Gasteiger partial charge in [-0.25, -0.2) is 4.79 Å². The molecule has 0 spiro atoms. The molecule has 2 aromatic carbocycles. The van der Waals surface area contributed by atoms with E-state index in [1.807, 2.05) is 0 Å². The minimum Gasteiger partial charge on any atom is -0.452 e. The van der Waals surface area contributed by atoms with Crippen LogP contribution in [0.3, 0.4) is 0 Å². The zero-order chi connectivity index (χ0) is 20.5. The number of ether oxygens (including phenoxy) is 2. The molecule has 0 atom stereocenters. The number of hydrogen-bond donors (Lipinski definition) is 1. The average molecular weight is 394 g/mol. The van der Waals surface area contributed by atoms with E-state index in [9.17, 15) is 28.5 Å². The second-order valence-electron chi connectivity index (χ2n) is 5.51. The van der Waals surface area contributed by atoms with Crippen LogP contribution in [0.15, 0.2) is 48.5 Å². The lowest BCUT2D eigenvalue weighted by molar-refractivity contribution is -0.384. The number of alkyl halides is 2. The van der Waals surface area contributed by atoms with Crippen molar-refractivity contribution in [3.05, 3.63) is 69.8 Å². The average Bonchev–Trinajstić information content (AvgIpc) is 2.67. The summed E-state index contributed by atoms with van der Waals surface area (Å²) in [4.78, 5) is 33.6. The van der Waals surface area contributed by atoms with Crippen molar-refractivity contribution >= 4 is 17.6 Å². The number of carbonyl (C=O) groups is 2. The maximum atomic E-state index is 12.1. The first-order chi connectivity index (χ1) is 13.3. The molecule has 0 unspecified atom stereocenters. The summed E-state index contributed by atoms with van der Waals surface area (Å²) in [5.41, 5.74) is 0.493. The summed E-state index contributed by atoms with van der Waals surface area (Å²) in [7, 11) is 0. The van der Waals surface area contributed by atoms with Gasteiger partial charge in [0.15, 0.2) is 6.61 Å². The molecule has 0 saturated carbocycles. The molecule has 0 aliphatic carbocycles. The van der Waals surface area contributed by atoms with Crippen LogP contribution in [-0.2, 0) is 16.0 Å². The quantitative estimate of drug-likeness (QED) is 0.398. The summed E-state index contributed by atoms with van der Waals surface area (Å²) in [5.74, 6) is -1.36. The van der Waals surface area contributed by atoms with E-state index in [-0.39, 0.29) is 23.5 Å². The monoisotopic (exact) mass is 394 g/mol. The fraction of sp³-hybridized carbons (Fsp3) is 0.222. The topological polar surface area (TPSA) is 108 Å². The Hall–Kier alpha value is -3.56. The molecule has 0 aromatic heterocycles. The molecule has 148 valence electrons. The Balaban J connectivity index is 1.73. The Labute approximate surface area is 158 Å². The molecular weight excluding hydrogens is 378 g/mol. The number of nitro groups is 1. The SMILES string of the molecule is O=C(COC(=O)c1cccc([N+](=O)[O-])c1)NCCc1ccc(OC(F)F)cc1. The third-order valence-electron chi connectivity index (χ3n) is 3.51. The van der Waals surface area contributed by atoms with Gasteiger partial charge in [0.05, 0.1) is 10.5 Å². The highest BCUT2D eigenvalue weighted by Gasteiger charge is 2.14. The first kappa shape index (κ1) is 20.7. The molecule has 0 aliphatic heterocycles. The number of non-ortho nitro benzene ring substituents is 1. The van der Waals surface area contributed by atoms with Crippen LogP contribution in [-0.4, -0.2) is 36.6 Å². The number of benzene rings is 2. The molecule has 0 saturated heterocycles. The minimum atomic E-state index is -2.89. The standard InChI is InChI=1S/C18H16F2N2O6/c19-18(20)28-15-6-4-12(5-7-15)8-9-21-16(23)11-27-17(24)13-2-1-3-14(10-13)22(25)26/h1-7,10,18H,8-9,11H2,(H,21,23). The van der Waals surface area contributed by atoms with Gasteiger partial charge < -0.3 is 14.8 Å². The van der Waals surface area contributed by atoms with Crippen molar-refractivity contribution in [2.45, 2.75) is 13.0 Å². The molecular formula is C18H16F2N2O6. The molecule has 10 heteroatoms. The van der Waals surface area contributed by atoms with Gasteiger partial charge in [0.1, 0.15) is 5.75 Å². The Morgan fingerprint density at radius 2 is 1.86 bits per heavy atom. The molecule has 28 heavy (non-hydrogen) atoms. The summed E-state index contributed by atoms with van der Waals surface area (Å²) in [6.07, 6.45) is 0.430. The number of esters is 1. The fourth-order valence-corrected chi connectivity index (χ4v) is 2.20. The largest absolute Gasteiger partial charge is 0.452 e. The Bertz CT molecular complexity index is 842. The smallest absolute Gasteiger partial charge is 0.387 e. The lowest BCUT2D eigenvalue weighted by Gasteiger charge is -2.08. The van der Waals surface area contributed by atoms with Crippen molar-refractivity contribution in [3.8, 4) is 5.75 Å².